The van der Waals surface area contributed by atoms with Gasteiger partial charge in [0.1, 0.15) is 0 Å². The molecule has 0 aromatic heterocycles. The van der Waals surface area contributed by atoms with Gasteiger partial charge >= 0.3 is 0 Å². The molecule has 0 heterocycles. The highest BCUT2D eigenvalue weighted by molar-refractivity contribution is 4.82. The van der Waals surface area contributed by atoms with Crippen LogP contribution in [0.1, 0.15) is 19.3 Å². The van der Waals surface area contributed by atoms with E-state index < -0.39 is 0 Å². The average Bonchev–Trinajstić information content (AvgIpc) is 2.61. The van der Waals surface area contributed by atoms with Gasteiger partial charge in [0.15, 0.2) is 0 Å². The average molecular weight is 216 g/mol. The van der Waals surface area contributed by atoms with Crippen LogP contribution in [-0.4, -0.2) is 62.6 Å². The van der Waals surface area contributed by atoms with Crippen LogP contribution in [0.3, 0.4) is 0 Å². The van der Waals surface area contributed by atoms with Crippen molar-refractivity contribution in [2.45, 2.75) is 31.4 Å². The van der Waals surface area contributed by atoms with Gasteiger partial charge in [-0.1, -0.05) is 0 Å². The van der Waals surface area contributed by atoms with Crippen LogP contribution < -0.4 is 5.32 Å². The SMILES string of the molecule is COCCN(C)CCNC1CCCC1O. The molecule has 90 valence electrons. The van der Waals surface area contributed by atoms with E-state index in [0.29, 0.717) is 6.04 Å². The number of nitrogens with zero attached hydrogens (tertiary/aromatic N) is 1. The van der Waals surface area contributed by atoms with E-state index in [-0.39, 0.29) is 6.10 Å². The van der Waals surface area contributed by atoms with Crippen molar-refractivity contribution < 1.29 is 9.84 Å². The van der Waals surface area contributed by atoms with Gasteiger partial charge in [-0.2, -0.15) is 0 Å². The number of rotatable bonds is 7. The smallest absolute Gasteiger partial charge is 0.0693 e. The Bertz CT molecular complexity index is 167. The molecule has 1 rings (SSSR count). The normalized spacial score (nSPS) is 26.4. The molecule has 1 saturated carbocycles. The molecular weight excluding hydrogens is 192 g/mol. The third kappa shape index (κ3) is 4.93. The minimum absolute atomic E-state index is 0.130. The maximum absolute atomic E-state index is 9.60. The summed E-state index contributed by atoms with van der Waals surface area (Å²) in [5.41, 5.74) is 0. The molecule has 0 aromatic rings. The highest BCUT2D eigenvalue weighted by Gasteiger charge is 2.23. The van der Waals surface area contributed by atoms with E-state index >= 15 is 0 Å². The van der Waals surface area contributed by atoms with Crippen molar-refractivity contribution in [3.05, 3.63) is 0 Å². The summed E-state index contributed by atoms with van der Waals surface area (Å²) in [5, 5.41) is 13.0. The standard InChI is InChI=1S/C11H24N2O2/c1-13(8-9-15-2)7-6-12-10-4-3-5-11(10)14/h10-12,14H,3-9H2,1-2H3. The molecule has 0 aliphatic heterocycles. The number of methoxy groups -OCH3 is 1. The van der Waals surface area contributed by atoms with Gasteiger partial charge in [0.05, 0.1) is 12.7 Å². The molecule has 0 saturated heterocycles. The molecule has 2 atom stereocenters. The Morgan fingerprint density at radius 3 is 2.80 bits per heavy atom. The van der Waals surface area contributed by atoms with Gasteiger partial charge in [-0.3, -0.25) is 0 Å². The number of aliphatic hydroxyl groups is 1. The van der Waals surface area contributed by atoms with Crippen LogP contribution in [0.15, 0.2) is 0 Å². The Morgan fingerprint density at radius 2 is 2.20 bits per heavy atom. The van der Waals surface area contributed by atoms with Gasteiger partial charge in [0, 0.05) is 32.8 Å². The summed E-state index contributed by atoms with van der Waals surface area (Å²) < 4.78 is 5.01. The van der Waals surface area contributed by atoms with Crippen molar-refractivity contribution >= 4 is 0 Å². The Kier molecular flexibility index (Phi) is 6.17. The second kappa shape index (κ2) is 7.17. The molecule has 2 unspecified atom stereocenters. The minimum Gasteiger partial charge on any atom is -0.392 e. The molecule has 4 heteroatoms. The lowest BCUT2D eigenvalue weighted by Gasteiger charge is -2.20. The van der Waals surface area contributed by atoms with Crippen LogP contribution in [0.4, 0.5) is 0 Å². The second-order valence-corrected chi connectivity index (χ2v) is 4.35. The Morgan fingerprint density at radius 1 is 1.40 bits per heavy atom. The first-order valence-corrected chi connectivity index (χ1v) is 5.83. The van der Waals surface area contributed by atoms with Crippen LogP contribution >= 0.6 is 0 Å². The number of hydrogen-bond acceptors (Lipinski definition) is 4. The van der Waals surface area contributed by atoms with E-state index in [1.807, 2.05) is 0 Å². The van der Waals surface area contributed by atoms with E-state index in [4.69, 9.17) is 4.74 Å². The molecule has 1 aliphatic rings. The van der Waals surface area contributed by atoms with Crippen LogP contribution in [0.25, 0.3) is 0 Å². The van der Waals surface area contributed by atoms with Gasteiger partial charge in [-0.15, -0.1) is 0 Å². The van der Waals surface area contributed by atoms with E-state index in [2.05, 4.69) is 17.3 Å². The van der Waals surface area contributed by atoms with Crippen molar-refractivity contribution in [3.63, 3.8) is 0 Å². The molecule has 15 heavy (non-hydrogen) atoms. The molecule has 0 spiro atoms. The number of likely N-dealkylation sites (N-methyl/N-ethyl adjacent to an activating group) is 1. The maximum Gasteiger partial charge on any atom is 0.0693 e. The van der Waals surface area contributed by atoms with Crippen molar-refractivity contribution in [2.75, 3.05) is 40.4 Å². The topological polar surface area (TPSA) is 44.7 Å². The molecule has 0 radical (unpaired) electrons. The first-order valence-electron chi connectivity index (χ1n) is 5.83. The lowest BCUT2D eigenvalue weighted by Crippen LogP contribution is -2.40. The second-order valence-electron chi connectivity index (χ2n) is 4.35. The van der Waals surface area contributed by atoms with Gasteiger partial charge in [-0.05, 0) is 26.3 Å². The quantitative estimate of drug-likeness (QED) is 0.632. The molecule has 1 aliphatic carbocycles. The Labute approximate surface area is 92.6 Å². The van der Waals surface area contributed by atoms with E-state index in [0.717, 1.165) is 45.5 Å². The fraction of sp³-hybridized carbons (Fsp3) is 1.00. The number of ether oxygens (including phenoxy) is 1. The number of hydrogen-bond donors (Lipinski definition) is 2. The summed E-state index contributed by atoms with van der Waals surface area (Å²) in [7, 11) is 3.81. The van der Waals surface area contributed by atoms with Crippen LogP contribution in [0, 0.1) is 0 Å². The van der Waals surface area contributed by atoms with E-state index in [9.17, 15) is 5.11 Å². The van der Waals surface area contributed by atoms with Crippen molar-refractivity contribution in [2.24, 2.45) is 0 Å². The fourth-order valence-corrected chi connectivity index (χ4v) is 1.98. The predicted octanol–water partition coefficient (Wildman–Crippen LogP) is 0.0676. The molecule has 0 bridgehead atoms. The van der Waals surface area contributed by atoms with Crippen LogP contribution in [-0.2, 0) is 4.74 Å². The summed E-state index contributed by atoms with van der Waals surface area (Å²) >= 11 is 0. The number of nitrogens with one attached hydrogen (secondary N) is 1. The Balaban J connectivity index is 2.00. The first kappa shape index (κ1) is 12.9. The lowest BCUT2D eigenvalue weighted by atomic mass is 10.2. The van der Waals surface area contributed by atoms with Gasteiger partial charge in [0.25, 0.3) is 0 Å². The largest absolute Gasteiger partial charge is 0.392 e. The lowest BCUT2D eigenvalue weighted by molar-refractivity contribution is 0.142. The zero-order valence-electron chi connectivity index (χ0n) is 9.91. The Hall–Kier alpha value is -0.160. The van der Waals surface area contributed by atoms with Crippen molar-refractivity contribution in [1.82, 2.24) is 10.2 Å². The maximum atomic E-state index is 9.60. The van der Waals surface area contributed by atoms with Crippen LogP contribution in [0.2, 0.25) is 0 Å². The zero-order valence-corrected chi connectivity index (χ0v) is 9.91. The van der Waals surface area contributed by atoms with E-state index in [1.54, 1.807) is 7.11 Å². The predicted molar refractivity (Wildman–Crippen MR) is 61.0 cm³/mol. The molecule has 0 aromatic carbocycles. The van der Waals surface area contributed by atoms with Gasteiger partial charge < -0.3 is 20.1 Å². The van der Waals surface area contributed by atoms with Crippen molar-refractivity contribution in [1.29, 1.82) is 0 Å². The zero-order chi connectivity index (χ0) is 11.1. The summed E-state index contributed by atoms with van der Waals surface area (Å²) in [5.74, 6) is 0. The first-order chi connectivity index (χ1) is 7.24. The third-order valence-corrected chi connectivity index (χ3v) is 3.06. The number of aliphatic hydroxyl groups excluding tert-OH is 1. The monoisotopic (exact) mass is 216 g/mol. The summed E-state index contributed by atoms with van der Waals surface area (Å²) in [6, 6.07) is 0.320. The summed E-state index contributed by atoms with van der Waals surface area (Å²) in [4.78, 5) is 2.23. The summed E-state index contributed by atoms with van der Waals surface area (Å²) in [6.07, 6.45) is 3.09. The van der Waals surface area contributed by atoms with Gasteiger partial charge in [-0.25, -0.2) is 0 Å². The van der Waals surface area contributed by atoms with Gasteiger partial charge in [0.2, 0.25) is 0 Å². The molecular formula is C11H24N2O2. The third-order valence-electron chi connectivity index (χ3n) is 3.06. The highest BCUT2D eigenvalue weighted by atomic mass is 16.5. The van der Waals surface area contributed by atoms with Crippen molar-refractivity contribution in [3.8, 4) is 0 Å². The fourth-order valence-electron chi connectivity index (χ4n) is 1.98. The molecule has 0 amide bonds. The van der Waals surface area contributed by atoms with E-state index in [1.165, 1.54) is 0 Å². The molecule has 4 nitrogen and oxygen atoms in total. The highest BCUT2D eigenvalue weighted by Crippen LogP contribution is 2.18. The minimum atomic E-state index is -0.130. The van der Waals surface area contributed by atoms with Crippen LogP contribution in [0.5, 0.6) is 0 Å². The summed E-state index contributed by atoms with van der Waals surface area (Å²) in [6.45, 7) is 3.70. The molecule has 1 fully saturated rings. The molecule has 2 N–H and O–H groups in total.